The fraction of sp³-hybridized carbons (Fsp3) is 0.143. The largest absolute Gasteiger partial charge is 0.309 e. The predicted octanol–water partition coefficient (Wildman–Crippen LogP) is 4.18. The quantitative estimate of drug-likeness (QED) is 0.890. The molecule has 2 aromatic rings. The Kier molecular flexibility index (Phi) is 4.27. The lowest BCUT2D eigenvalue weighted by molar-refractivity contribution is 0.482. The molecule has 2 rings (SSSR count). The highest BCUT2D eigenvalue weighted by Crippen LogP contribution is 2.29. The number of nitrogens with one attached hydrogen (secondary N) is 1. The van der Waals surface area contributed by atoms with Gasteiger partial charge < -0.3 is 5.32 Å². The first kappa shape index (κ1) is 14.1. The minimum Gasteiger partial charge on any atom is -0.309 e. The van der Waals surface area contributed by atoms with Crippen LogP contribution in [0.1, 0.15) is 17.2 Å². The molecule has 0 saturated carbocycles. The minimum atomic E-state index is -0.971. The molecule has 0 heterocycles. The number of hydrogen-bond acceptors (Lipinski definition) is 1. The zero-order valence-electron chi connectivity index (χ0n) is 10.1. The van der Waals surface area contributed by atoms with Gasteiger partial charge in [-0.3, -0.25) is 0 Å². The van der Waals surface area contributed by atoms with Crippen molar-refractivity contribution >= 4 is 15.9 Å². The number of halogens is 4. The van der Waals surface area contributed by atoms with Gasteiger partial charge in [-0.25, -0.2) is 13.2 Å². The van der Waals surface area contributed by atoms with Gasteiger partial charge in [-0.2, -0.15) is 0 Å². The lowest BCUT2D eigenvalue weighted by atomic mass is 9.98. The second kappa shape index (κ2) is 5.75. The fourth-order valence-corrected chi connectivity index (χ4v) is 2.34. The minimum absolute atomic E-state index is 0.0690. The predicted molar refractivity (Wildman–Crippen MR) is 71.4 cm³/mol. The van der Waals surface area contributed by atoms with E-state index in [9.17, 15) is 13.2 Å². The normalized spacial score (nSPS) is 12.5. The van der Waals surface area contributed by atoms with Crippen LogP contribution < -0.4 is 5.32 Å². The fourth-order valence-electron chi connectivity index (χ4n) is 1.96. The van der Waals surface area contributed by atoms with Gasteiger partial charge in [0.05, 0.1) is 6.04 Å². The van der Waals surface area contributed by atoms with E-state index >= 15 is 0 Å². The third-order valence-electron chi connectivity index (χ3n) is 2.85. The molecule has 1 N–H and O–H groups in total. The molecule has 0 aliphatic carbocycles. The third kappa shape index (κ3) is 2.82. The van der Waals surface area contributed by atoms with Gasteiger partial charge in [0.1, 0.15) is 5.82 Å². The molecule has 0 aliphatic rings. The van der Waals surface area contributed by atoms with E-state index < -0.39 is 23.5 Å². The Hall–Kier alpha value is -1.33. The summed E-state index contributed by atoms with van der Waals surface area (Å²) in [5.41, 5.74) is 0.320. The first-order valence-corrected chi connectivity index (χ1v) is 6.40. The van der Waals surface area contributed by atoms with Gasteiger partial charge in [0.2, 0.25) is 0 Å². The maximum Gasteiger partial charge on any atom is 0.163 e. The summed E-state index contributed by atoms with van der Waals surface area (Å²) >= 11 is 3.24. The van der Waals surface area contributed by atoms with Crippen LogP contribution in [0, 0.1) is 17.5 Å². The van der Waals surface area contributed by atoms with Crippen LogP contribution >= 0.6 is 15.9 Å². The van der Waals surface area contributed by atoms with E-state index in [1.807, 2.05) is 0 Å². The van der Waals surface area contributed by atoms with Crippen molar-refractivity contribution in [1.29, 1.82) is 0 Å². The van der Waals surface area contributed by atoms with Crippen molar-refractivity contribution < 1.29 is 13.2 Å². The monoisotopic (exact) mass is 329 g/mol. The Morgan fingerprint density at radius 3 is 2.42 bits per heavy atom. The molecular formula is C14H11BrF3N. The van der Waals surface area contributed by atoms with E-state index in [2.05, 4.69) is 21.2 Å². The smallest absolute Gasteiger partial charge is 0.163 e. The molecule has 100 valence electrons. The Bertz CT molecular complexity index is 599. The van der Waals surface area contributed by atoms with Crippen LogP contribution in [0.25, 0.3) is 0 Å². The molecule has 0 aliphatic heterocycles. The van der Waals surface area contributed by atoms with Crippen LogP contribution in [0.4, 0.5) is 13.2 Å². The van der Waals surface area contributed by atoms with E-state index in [0.29, 0.717) is 4.47 Å². The molecule has 0 saturated heterocycles. The van der Waals surface area contributed by atoms with Crippen molar-refractivity contribution in [1.82, 2.24) is 5.32 Å². The first-order valence-electron chi connectivity index (χ1n) is 5.60. The van der Waals surface area contributed by atoms with Crippen molar-refractivity contribution in [2.24, 2.45) is 0 Å². The number of rotatable bonds is 3. The molecule has 0 bridgehead atoms. The number of hydrogen-bond donors (Lipinski definition) is 1. The van der Waals surface area contributed by atoms with Gasteiger partial charge in [-0.1, -0.05) is 28.1 Å². The molecule has 1 atom stereocenters. The molecular weight excluding hydrogens is 319 g/mol. The summed E-state index contributed by atoms with van der Waals surface area (Å²) in [4.78, 5) is 0. The average Bonchev–Trinajstić information content (AvgIpc) is 2.39. The summed E-state index contributed by atoms with van der Waals surface area (Å²) in [7, 11) is 1.56. The summed E-state index contributed by atoms with van der Waals surface area (Å²) < 4.78 is 41.6. The van der Waals surface area contributed by atoms with Gasteiger partial charge >= 0.3 is 0 Å². The van der Waals surface area contributed by atoms with Crippen LogP contribution in [0.5, 0.6) is 0 Å². The molecule has 0 radical (unpaired) electrons. The molecule has 2 aromatic carbocycles. The summed E-state index contributed by atoms with van der Waals surface area (Å²) in [6.07, 6.45) is 0. The van der Waals surface area contributed by atoms with Crippen molar-refractivity contribution in [3.05, 3.63) is 69.4 Å². The standard InChI is InChI=1S/C14H11BrF3N/c1-19-14(9-3-2-4-12(17)13(9)18)10-7-8(15)5-6-11(10)16/h2-7,14,19H,1H3. The zero-order valence-corrected chi connectivity index (χ0v) is 11.6. The van der Waals surface area contributed by atoms with Crippen LogP contribution in [0.15, 0.2) is 40.9 Å². The summed E-state index contributed by atoms with van der Waals surface area (Å²) in [6.45, 7) is 0. The second-order valence-corrected chi connectivity index (χ2v) is 4.95. The molecule has 5 heteroatoms. The van der Waals surface area contributed by atoms with Gasteiger partial charge in [0, 0.05) is 15.6 Å². The number of benzene rings is 2. The van der Waals surface area contributed by atoms with Gasteiger partial charge in [-0.15, -0.1) is 0 Å². The van der Waals surface area contributed by atoms with Crippen LogP contribution in [-0.2, 0) is 0 Å². The maximum atomic E-state index is 13.8. The Balaban J connectivity index is 2.56. The van der Waals surface area contributed by atoms with Crippen molar-refractivity contribution in [2.75, 3.05) is 7.05 Å². The van der Waals surface area contributed by atoms with Crippen LogP contribution in [0.2, 0.25) is 0 Å². The maximum absolute atomic E-state index is 13.8. The highest BCUT2D eigenvalue weighted by Gasteiger charge is 2.21. The lowest BCUT2D eigenvalue weighted by Crippen LogP contribution is -2.20. The topological polar surface area (TPSA) is 12.0 Å². The van der Waals surface area contributed by atoms with Gasteiger partial charge in [-0.05, 0) is 31.3 Å². The van der Waals surface area contributed by atoms with E-state index in [0.717, 1.165) is 6.07 Å². The van der Waals surface area contributed by atoms with Gasteiger partial charge in [0.25, 0.3) is 0 Å². The Morgan fingerprint density at radius 2 is 1.74 bits per heavy atom. The molecule has 19 heavy (non-hydrogen) atoms. The summed E-state index contributed by atoms with van der Waals surface area (Å²) in [5, 5.41) is 2.80. The molecule has 0 aromatic heterocycles. The Morgan fingerprint density at radius 1 is 1.00 bits per heavy atom. The van der Waals surface area contributed by atoms with Gasteiger partial charge in [0.15, 0.2) is 11.6 Å². The van der Waals surface area contributed by atoms with Crippen LogP contribution in [0.3, 0.4) is 0 Å². The summed E-state index contributed by atoms with van der Waals surface area (Å²) in [5.74, 6) is -2.40. The van der Waals surface area contributed by atoms with E-state index in [-0.39, 0.29) is 11.1 Å². The third-order valence-corrected chi connectivity index (χ3v) is 3.34. The van der Waals surface area contributed by atoms with Crippen molar-refractivity contribution in [3.63, 3.8) is 0 Å². The average molecular weight is 330 g/mol. The van der Waals surface area contributed by atoms with E-state index in [1.165, 1.54) is 18.2 Å². The van der Waals surface area contributed by atoms with E-state index in [1.54, 1.807) is 19.2 Å². The van der Waals surface area contributed by atoms with Crippen molar-refractivity contribution in [2.45, 2.75) is 6.04 Å². The molecule has 0 fully saturated rings. The lowest BCUT2D eigenvalue weighted by Gasteiger charge is -2.19. The SMILES string of the molecule is CNC(c1cc(Br)ccc1F)c1cccc(F)c1F. The van der Waals surface area contributed by atoms with E-state index in [4.69, 9.17) is 0 Å². The molecule has 1 unspecified atom stereocenters. The highest BCUT2D eigenvalue weighted by molar-refractivity contribution is 9.10. The van der Waals surface area contributed by atoms with Crippen LogP contribution in [-0.4, -0.2) is 7.05 Å². The molecule has 1 nitrogen and oxygen atoms in total. The first-order chi connectivity index (χ1) is 9.04. The molecule has 0 amide bonds. The molecule has 0 spiro atoms. The van der Waals surface area contributed by atoms with Crippen molar-refractivity contribution in [3.8, 4) is 0 Å². The Labute approximate surface area is 117 Å². The second-order valence-electron chi connectivity index (χ2n) is 4.03. The highest BCUT2D eigenvalue weighted by atomic mass is 79.9. The zero-order chi connectivity index (χ0) is 14.0. The summed E-state index contributed by atoms with van der Waals surface area (Å²) in [6, 6.07) is 7.47.